The first-order chi connectivity index (χ1) is 18.8. The van der Waals surface area contributed by atoms with E-state index in [1.807, 2.05) is 0 Å². The SMILES string of the molecule is C=CC(=O)N1CCCCC(n2c(N(N)C(=O)c3ccccc3)nc3cccc(C(=O)NCCC(=O)OC)c32)C1. The van der Waals surface area contributed by atoms with Crippen molar-refractivity contribution < 1.29 is 23.9 Å². The molecule has 2 heterocycles. The van der Waals surface area contributed by atoms with Gasteiger partial charge in [-0.25, -0.2) is 15.8 Å². The summed E-state index contributed by atoms with van der Waals surface area (Å²) >= 11 is 0. The Morgan fingerprint density at radius 3 is 2.64 bits per heavy atom. The maximum atomic E-state index is 13.3. The molecule has 0 radical (unpaired) electrons. The molecule has 1 aliphatic rings. The number of hydrogen-bond donors (Lipinski definition) is 2. The minimum Gasteiger partial charge on any atom is -0.469 e. The monoisotopic (exact) mass is 532 g/mol. The predicted molar refractivity (Wildman–Crippen MR) is 146 cm³/mol. The van der Waals surface area contributed by atoms with Gasteiger partial charge in [0.25, 0.3) is 11.8 Å². The number of benzene rings is 2. The smallest absolute Gasteiger partial charge is 0.307 e. The van der Waals surface area contributed by atoms with E-state index < -0.39 is 17.8 Å². The first-order valence-corrected chi connectivity index (χ1v) is 12.8. The molecular formula is C28H32N6O5. The molecule has 3 aromatic rings. The van der Waals surface area contributed by atoms with Gasteiger partial charge in [-0.15, -0.1) is 0 Å². The van der Waals surface area contributed by atoms with Crippen LogP contribution < -0.4 is 16.2 Å². The van der Waals surface area contributed by atoms with Crippen molar-refractivity contribution in [3.8, 4) is 0 Å². The van der Waals surface area contributed by atoms with Gasteiger partial charge in [0, 0.05) is 25.2 Å². The Labute approximate surface area is 226 Å². The van der Waals surface area contributed by atoms with Crippen molar-refractivity contribution in [3.63, 3.8) is 0 Å². The van der Waals surface area contributed by atoms with Crippen molar-refractivity contribution in [2.75, 3.05) is 31.8 Å². The van der Waals surface area contributed by atoms with Crippen LogP contribution in [-0.2, 0) is 14.3 Å². The number of hydrogen-bond acceptors (Lipinski definition) is 7. The third-order valence-corrected chi connectivity index (χ3v) is 6.73. The fourth-order valence-corrected chi connectivity index (χ4v) is 4.78. The average molecular weight is 533 g/mol. The fourth-order valence-electron chi connectivity index (χ4n) is 4.78. The van der Waals surface area contributed by atoms with Crippen LogP contribution in [-0.4, -0.2) is 64.9 Å². The highest BCUT2D eigenvalue weighted by atomic mass is 16.5. The van der Waals surface area contributed by atoms with E-state index in [0.717, 1.165) is 17.9 Å². The van der Waals surface area contributed by atoms with Crippen LogP contribution in [0.1, 0.15) is 52.4 Å². The number of ether oxygens (including phenoxy) is 1. The number of methoxy groups -OCH3 is 1. The number of carbonyl (C=O) groups is 4. The number of esters is 1. The van der Waals surface area contributed by atoms with Gasteiger partial charge in [-0.3, -0.25) is 19.2 Å². The van der Waals surface area contributed by atoms with Crippen molar-refractivity contribution in [3.05, 3.63) is 72.3 Å². The Morgan fingerprint density at radius 2 is 1.92 bits per heavy atom. The lowest BCUT2D eigenvalue weighted by Crippen LogP contribution is -2.41. The second-order valence-electron chi connectivity index (χ2n) is 9.22. The Balaban J connectivity index is 1.82. The number of fused-ring (bicyclic) bond motifs is 1. The number of amides is 3. The van der Waals surface area contributed by atoms with Crippen molar-refractivity contribution in [2.45, 2.75) is 31.7 Å². The summed E-state index contributed by atoms with van der Waals surface area (Å²) in [6.07, 6.45) is 3.59. The molecule has 39 heavy (non-hydrogen) atoms. The lowest BCUT2D eigenvalue weighted by atomic mass is 10.1. The molecule has 11 heteroatoms. The molecular weight excluding hydrogens is 500 g/mol. The first kappa shape index (κ1) is 27.5. The van der Waals surface area contributed by atoms with Crippen LogP contribution in [0.25, 0.3) is 11.0 Å². The number of hydrazine groups is 1. The van der Waals surface area contributed by atoms with E-state index in [1.54, 1.807) is 58.0 Å². The van der Waals surface area contributed by atoms with Gasteiger partial charge in [-0.2, -0.15) is 0 Å². The van der Waals surface area contributed by atoms with Crippen LogP contribution >= 0.6 is 0 Å². The van der Waals surface area contributed by atoms with E-state index in [1.165, 1.54) is 13.2 Å². The maximum Gasteiger partial charge on any atom is 0.307 e. The van der Waals surface area contributed by atoms with Gasteiger partial charge in [0.15, 0.2) is 0 Å². The number of nitrogens with two attached hydrogens (primary N) is 1. The summed E-state index contributed by atoms with van der Waals surface area (Å²) in [7, 11) is 1.29. The maximum absolute atomic E-state index is 13.3. The van der Waals surface area contributed by atoms with Gasteiger partial charge in [0.1, 0.15) is 0 Å². The molecule has 204 valence electrons. The molecule has 1 fully saturated rings. The topological polar surface area (TPSA) is 140 Å². The van der Waals surface area contributed by atoms with Crippen molar-refractivity contribution in [2.24, 2.45) is 5.84 Å². The fraction of sp³-hybridized carbons (Fsp3) is 0.321. The van der Waals surface area contributed by atoms with Gasteiger partial charge in [-0.05, 0) is 49.6 Å². The number of imidazole rings is 1. The molecule has 0 spiro atoms. The van der Waals surface area contributed by atoms with E-state index in [2.05, 4.69) is 21.6 Å². The molecule has 11 nitrogen and oxygen atoms in total. The number of nitrogens with one attached hydrogen (secondary N) is 1. The first-order valence-electron chi connectivity index (χ1n) is 12.8. The number of rotatable bonds is 8. The number of para-hydroxylation sites is 1. The summed E-state index contributed by atoms with van der Waals surface area (Å²) in [4.78, 5) is 57.1. The Bertz CT molecular complexity index is 1390. The molecule has 2 aromatic carbocycles. The van der Waals surface area contributed by atoms with Crippen LogP contribution in [0.15, 0.2) is 61.2 Å². The summed E-state index contributed by atoms with van der Waals surface area (Å²) in [5, 5.41) is 3.74. The second kappa shape index (κ2) is 12.4. The Kier molecular flexibility index (Phi) is 8.72. The van der Waals surface area contributed by atoms with Crippen LogP contribution in [0.2, 0.25) is 0 Å². The summed E-state index contributed by atoms with van der Waals surface area (Å²) in [5.74, 6) is 5.05. The summed E-state index contributed by atoms with van der Waals surface area (Å²) in [6.45, 7) is 4.61. The zero-order chi connectivity index (χ0) is 27.9. The zero-order valence-electron chi connectivity index (χ0n) is 21.8. The summed E-state index contributed by atoms with van der Waals surface area (Å²) in [6, 6.07) is 13.4. The summed E-state index contributed by atoms with van der Waals surface area (Å²) in [5.41, 5.74) is 1.64. The molecule has 1 atom stereocenters. The molecule has 1 unspecified atom stereocenters. The second-order valence-corrected chi connectivity index (χ2v) is 9.22. The van der Waals surface area contributed by atoms with E-state index >= 15 is 0 Å². The zero-order valence-corrected chi connectivity index (χ0v) is 21.8. The number of nitrogens with zero attached hydrogens (tertiary/aromatic N) is 4. The highest BCUT2D eigenvalue weighted by Crippen LogP contribution is 2.33. The predicted octanol–water partition coefficient (Wildman–Crippen LogP) is 2.59. The van der Waals surface area contributed by atoms with Crippen LogP contribution in [0, 0.1) is 0 Å². The molecule has 1 saturated heterocycles. The number of anilines is 1. The van der Waals surface area contributed by atoms with E-state index in [9.17, 15) is 19.2 Å². The third-order valence-electron chi connectivity index (χ3n) is 6.73. The highest BCUT2D eigenvalue weighted by Gasteiger charge is 2.31. The molecule has 1 aliphatic heterocycles. The average Bonchev–Trinajstić information content (AvgIpc) is 3.19. The third kappa shape index (κ3) is 5.99. The van der Waals surface area contributed by atoms with Crippen molar-refractivity contribution >= 4 is 40.7 Å². The molecule has 0 bridgehead atoms. The van der Waals surface area contributed by atoms with Gasteiger partial charge >= 0.3 is 5.97 Å². The van der Waals surface area contributed by atoms with Crippen LogP contribution in [0.5, 0.6) is 0 Å². The van der Waals surface area contributed by atoms with Gasteiger partial charge in [0.05, 0.1) is 36.2 Å². The Hall–Kier alpha value is -4.51. The molecule has 1 aromatic heterocycles. The van der Waals surface area contributed by atoms with E-state index in [0.29, 0.717) is 41.7 Å². The molecule has 4 rings (SSSR count). The largest absolute Gasteiger partial charge is 0.469 e. The normalized spacial score (nSPS) is 15.3. The standard InChI is InChI=1S/C28H32N6O5/c1-3-23(35)32-17-8-7-12-20(18-32)33-25-21(26(37)30-16-15-24(36)39-2)13-9-14-22(25)31-28(33)34(29)27(38)19-10-5-4-6-11-19/h3-6,9-11,13-14,20H,1,7-8,12,15-18,29H2,2H3,(H,30,37). The molecule has 3 amide bonds. The van der Waals surface area contributed by atoms with Crippen molar-refractivity contribution in [1.29, 1.82) is 0 Å². The van der Waals surface area contributed by atoms with Gasteiger partial charge < -0.3 is 19.5 Å². The molecule has 3 N–H and O–H groups in total. The lowest BCUT2D eigenvalue weighted by Gasteiger charge is -2.28. The van der Waals surface area contributed by atoms with Gasteiger partial charge in [0.2, 0.25) is 11.9 Å². The van der Waals surface area contributed by atoms with Crippen molar-refractivity contribution in [1.82, 2.24) is 19.8 Å². The van der Waals surface area contributed by atoms with Gasteiger partial charge in [-0.1, -0.05) is 30.8 Å². The minimum absolute atomic E-state index is 0.0200. The number of aromatic nitrogens is 2. The van der Waals surface area contributed by atoms with E-state index in [-0.39, 0.29) is 30.9 Å². The number of carbonyl (C=O) groups excluding carboxylic acids is 4. The molecule has 0 aliphatic carbocycles. The van der Waals surface area contributed by atoms with E-state index in [4.69, 9.17) is 5.84 Å². The quantitative estimate of drug-likeness (QED) is 0.149. The Morgan fingerprint density at radius 1 is 1.15 bits per heavy atom. The van der Waals surface area contributed by atoms with Crippen LogP contribution in [0.3, 0.4) is 0 Å². The minimum atomic E-state index is -0.469. The molecule has 0 saturated carbocycles. The number of likely N-dealkylation sites (tertiary alicyclic amines) is 1. The highest BCUT2D eigenvalue weighted by molar-refractivity contribution is 6.08. The van der Waals surface area contributed by atoms with Crippen LogP contribution in [0.4, 0.5) is 5.95 Å². The summed E-state index contributed by atoms with van der Waals surface area (Å²) < 4.78 is 6.44. The lowest BCUT2D eigenvalue weighted by molar-refractivity contribution is -0.140.